The van der Waals surface area contributed by atoms with Crippen LogP contribution in [0.3, 0.4) is 0 Å². The summed E-state index contributed by atoms with van der Waals surface area (Å²) < 4.78 is 5.60. The van der Waals surface area contributed by atoms with E-state index in [1.165, 1.54) is 6.07 Å². The second-order valence-electron chi connectivity index (χ2n) is 6.85. The summed E-state index contributed by atoms with van der Waals surface area (Å²) in [7, 11) is 0. The van der Waals surface area contributed by atoms with Crippen LogP contribution in [0.1, 0.15) is 57.9 Å². The highest BCUT2D eigenvalue weighted by Gasteiger charge is 2.30. The van der Waals surface area contributed by atoms with Gasteiger partial charge >= 0.3 is 6.09 Å². The van der Waals surface area contributed by atoms with Gasteiger partial charge in [-0.05, 0) is 45.1 Å². The Labute approximate surface area is 137 Å². The highest BCUT2D eigenvalue weighted by molar-refractivity contribution is 5.68. The van der Waals surface area contributed by atoms with Crippen molar-refractivity contribution < 1.29 is 19.7 Å². The molecule has 5 heteroatoms. The maximum atomic E-state index is 12.3. The van der Waals surface area contributed by atoms with Crippen LogP contribution in [-0.4, -0.2) is 39.9 Å². The zero-order chi connectivity index (χ0) is 17.0. The van der Waals surface area contributed by atoms with Crippen molar-refractivity contribution in [3.8, 4) is 11.5 Å². The van der Waals surface area contributed by atoms with Crippen molar-refractivity contribution in [2.45, 2.75) is 58.0 Å². The van der Waals surface area contributed by atoms with Crippen LogP contribution in [0.4, 0.5) is 4.79 Å². The molecule has 1 aromatic rings. The summed E-state index contributed by atoms with van der Waals surface area (Å²) >= 11 is 0. The normalized spacial score (nSPS) is 16.4. The molecule has 5 nitrogen and oxygen atoms in total. The molecule has 0 bridgehead atoms. The first kappa shape index (κ1) is 17.4. The quantitative estimate of drug-likeness (QED) is 0.823. The number of carbonyl (C=O) groups excluding carboxylic acids is 1. The molecule has 1 aromatic carbocycles. The summed E-state index contributed by atoms with van der Waals surface area (Å²) in [5, 5.41) is 19.6. The third kappa shape index (κ3) is 4.30. The fourth-order valence-electron chi connectivity index (χ4n) is 3.21. The molecule has 1 aliphatic heterocycles. The molecule has 0 atom stereocenters. The first-order valence-corrected chi connectivity index (χ1v) is 8.33. The Hall–Kier alpha value is -1.91. The van der Waals surface area contributed by atoms with Crippen LogP contribution in [0, 0.1) is 0 Å². The minimum Gasteiger partial charge on any atom is -0.504 e. The Balaban J connectivity index is 1.93. The van der Waals surface area contributed by atoms with Crippen molar-refractivity contribution in [3.05, 3.63) is 23.8 Å². The van der Waals surface area contributed by atoms with Crippen LogP contribution >= 0.6 is 0 Å². The number of phenolic OH excluding ortho intramolecular Hbond substituents is 2. The lowest BCUT2D eigenvalue weighted by Crippen LogP contribution is -2.42. The maximum absolute atomic E-state index is 12.3. The lowest BCUT2D eigenvalue weighted by molar-refractivity contribution is 0.00438. The number of hydrogen-bond acceptors (Lipinski definition) is 4. The standard InChI is InChI=1S/C18H27NO4/c1-4-10-18(2,3)23-17(22)19-11-8-13(9-12-19)14-6-5-7-15(20)16(14)21/h5-7,13,20-21H,4,8-12H2,1-3H3. The zero-order valence-electron chi connectivity index (χ0n) is 14.2. The van der Waals surface area contributed by atoms with E-state index in [0.29, 0.717) is 13.1 Å². The monoisotopic (exact) mass is 321 g/mol. The number of benzene rings is 1. The Morgan fingerprint density at radius 3 is 2.57 bits per heavy atom. The summed E-state index contributed by atoms with van der Waals surface area (Å²) in [6, 6.07) is 5.04. The Morgan fingerprint density at radius 1 is 1.30 bits per heavy atom. The molecule has 128 valence electrons. The molecule has 0 spiro atoms. The summed E-state index contributed by atoms with van der Waals surface area (Å²) in [5.74, 6) is 0.0121. The van der Waals surface area contributed by atoms with Crippen LogP contribution in [0.2, 0.25) is 0 Å². The number of phenols is 2. The second kappa shape index (κ2) is 7.11. The number of ether oxygens (including phenoxy) is 1. The van der Waals surface area contributed by atoms with Gasteiger partial charge in [0.2, 0.25) is 0 Å². The average Bonchev–Trinajstić information content (AvgIpc) is 2.49. The first-order valence-electron chi connectivity index (χ1n) is 8.33. The highest BCUT2D eigenvalue weighted by Crippen LogP contribution is 2.38. The molecule has 0 aromatic heterocycles. The number of aromatic hydroxyl groups is 2. The molecule has 1 fully saturated rings. The Kier molecular flexibility index (Phi) is 5.39. The number of para-hydroxylation sites is 1. The minimum atomic E-state index is -0.438. The number of piperidine rings is 1. The molecular weight excluding hydrogens is 294 g/mol. The van der Waals surface area contributed by atoms with E-state index in [9.17, 15) is 15.0 Å². The lowest BCUT2D eigenvalue weighted by Gasteiger charge is -2.34. The van der Waals surface area contributed by atoms with Crippen molar-refractivity contribution in [3.63, 3.8) is 0 Å². The number of carbonyl (C=O) groups is 1. The third-order valence-electron chi connectivity index (χ3n) is 4.45. The molecule has 23 heavy (non-hydrogen) atoms. The summed E-state index contributed by atoms with van der Waals surface area (Å²) in [5.41, 5.74) is 0.316. The fourth-order valence-corrected chi connectivity index (χ4v) is 3.21. The summed E-state index contributed by atoms with van der Waals surface area (Å²) in [6.45, 7) is 7.14. The summed E-state index contributed by atoms with van der Waals surface area (Å²) in [6.07, 6.45) is 3.05. The van der Waals surface area contributed by atoms with Gasteiger partial charge in [-0.2, -0.15) is 0 Å². The van der Waals surface area contributed by atoms with E-state index >= 15 is 0 Å². The van der Waals surface area contributed by atoms with Gasteiger partial charge in [-0.1, -0.05) is 25.5 Å². The van der Waals surface area contributed by atoms with Crippen LogP contribution in [0.5, 0.6) is 11.5 Å². The minimum absolute atomic E-state index is 0.0439. The van der Waals surface area contributed by atoms with Gasteiger partial charge in [0.15, 0.2) is 11.5 Å². The first-order chi connectivity index (χ1) is 10.8. The van der Waals surface area contributed by atoms with Crippen LogP contribution in [0.15, 0.2) is 18.2 Å². The molecule has 0 aliphatic carbocycles. The van der Waals surface area contributed by atoms with E-state index < -0.39 is 5.60 Å². The highest BCUT2D eigenvalue weighted by atomic mass is 16.6. The van der Waals surface area contributed by atoms with Crippen molar-refractivity contribution >= 4 is 6.09 Å². The molecule has 1 saturated heterocycles. The number of rotatable bonds is 4. The molecule has 1 amide bonds. The van der Waals surface area contributed by atoms with Crippen LogP contribution in [0.25, 0.3) is 0 Å². The Morgan fingerprint density at radius 2 is 1.96 bits per heavy atom. The van der Waals surface area contributed by atoms with Crippen molar-refractivity contribution in [1.29, 1.82) is 0 Å². The topological polar surface area (TPSA) is 70.0 Å². The molecular formula is C18H27NO4. The predicted octanol–water partition coefficient (Wildman–Crippen LogP) is 3.99. The van der Waals surface area contributed by atoms with E-state index in [1.807, 2.05) is 19.9 Å². The number of hydrogen-bond donors (Lipinski definition) is 2. The number of nitrogens with zero attached hydrogens (tertiary/aromatic N) is 1. The van der Waals surface area contributed by atoms with Gasteiger partial charge in [-0.15, -0.1) is 0 Å². The van der Waals surface area contributed by atoms with Gasteiger partial charge in [0.1, 0.15) is 5.60 Å². The molecule has 2 rings (SSSR count). The molecule has 1 heterocycles. The molecule has 0 unspecified atom stereocenters. The van der Waals surface area contributed by atoms with Gasteiger partial charge in [0, 0.05) is 18.7 Å². The number of likely N-dealkylation sites (tertiary alicyclic amines) is 1. The van der Waals surface area contributed by atoms with E-state index in [2.05, 4.69) is 6.92 Å². The van der Waals surface area contributed by atoms with Crippen LogP contribution < -0.4 is 0 Å². The van der Waals surface area contributed by atoms with E-state index in [0.717, 1.165) is 31.2 Å². The van der Waals surface area contributed by atoms with Gasteiger partial charge in [0.25, 0.3) is 0 Å². The predicted molar refractivity (Wildman–Crippen MR) is 88.8 cm³/mol. The zero-order valence-corrected chi connectivity index (χ0v) is 14.2. The van der Waals surface area contributed by atoms with Crippen molar-refractivity contribution in [1.82, 2.24) is 4.90 Å². The average molecular weight is 321 g/mol. The smallest absolute Gasteiger partial charge is 0.410 e. The molecule has 1 aliphatic rings. The van der Waals surface area contributed by atoms with E-state index in [-0.39, 0.29) is 23.5 Å². The lowest BCUT2D eigenvalue weighted by atomic mass is 9.89. The van der Waals surface area contributed by atoms with Crippen molar-refractivity contribution in [2.24, 2.45) is 0 Å². The van der Waals surface area contributed by atoms with E-state index in [4.69, 9.17) is 4.74 Å². The fraction of sp³-hybridized carbons (Fsp3) is 0.611. The number of amides is 1. The second-order valence-corrected chi connectivity index (χ2v) is 6.85. The molecule has 0 radical (unpaired) electrons. The summed E-state index contributed by atoms with van der Waals surface area (Å²) in [4.78, 5) is 14.0. The SMILES string of the molecule is CCCC(C)(C)OC(=O)N1CCC(c2cccc(O)c2O)CC1. The van der Waals surface area contributed by atoms with Gasteiger partial charge in [-0.3, -0.25) is 0 Å². The Bertz CT molecular complexity index is 548. The third-order valence-corrected chi connectivity index (χ3v) is 4.45. The molecule has 0 saturated carbocycles. The molecule has 2 N–H and O–H groups in total. The van der Waals surface area contributed by atoms with Gasteiger partial charge < -0.3 is 19.8 Å². The maximum Gasteiger partial charge on any atom is 0.410 e. The van der Waals surface area contributed by atoms with Gasteiger partial charge in [-0.25, -0.2) is 4.79 Å². The van der Waals surface area contributed by atoms with Crippen molar-refractivity contribution in [2.75, 3.05) is 13.1 Å². The largest absolute Gasteiger partial charge is 0.504 e. The van der Waals surface area contributed by atoms with Gasteiger partial charge in [0.05, 0.1) is 0 Å². The van der Waals surface area contributed by atoms with Crippen LogP contribution in [-0.2, 0) is 4.74 Å². The van der Waals surface area contributed by atoms with E-state index in [1.54, 1.807) is 11.0 Å².